The van der Waals surface area contributed by atoms with E-state index in [2.05, 4.69) is 10.6 Å². The minimum Gasteiger partial charge on any atom is -0.323 e. The Hall–Kier alpha value is -2.00. The van der Waals surface area contributed by atoms with Crippen LogP contribution in [0, 0.1) is 5.82 Å². The number of rotatable bonds is 6. The molecule has 0 aliphatic carbocycles. The highest BCUT2D eigenvalue weighted by molar-refractivity contribution is 7.89. The van der Waals surface area contributed by atoms with Crippen LogP contribution >= 0.6 is 11.6 Å². The van der Waals surface area contributed by atoms with Crippen molar-refractivity contribution in [2.75, 3.05) is 5.32 Å². The molecule has 0 unspecified atom stereocenters. The summed E-state index contributed by atoms with van der Waals surface area (Å²) in [4.78, 5) is 12.2. The Labute approximate surface area is 150 Å². The van der Waals surface area contributed by atoms with Gasteiger partial charge in [-0.25, -0.2) is 17.9 Å². The molecule has 2 aromatic rings. The van der Waals surface area contributed by atoms with Gasteiger partial charge in [-0.15, -0.1) is 0 Å². The highest BCUT2D eigenvalue weighted by atomic mass is 35.5. The maximum absolute atomic E-state index is 13.0. The SMILES string of the molecule is C[C@@H](NCc1ccc(S(N)(=O)=O)cc1)C(=O)Nc1ccc(F)cc1Cl. The van der Waals surface area contributed by atoms with E-state index in [1.807, 2.05) is 0 Å². The van der Waals surface area contributed by atoms with Crippen LogP contribution in [0.5, 0.6) is 0 Å². The molecule has 0 bridgehead atoms. The number of hydrogen-bond donors (Lipinski definition) is 3. The molecule has 2 aromatic carbocycles. The van der Waals surface area contributed by atoms with Crippen LogP contribution in [-0.2, 0) is 21.4 Å². The molecule has 0 radical (unpaired) electrons. The maximum Gasteiger partial charge on any atom is 0.241 e. The van der Waals surface area contributed by atoms with E-state index in [1.165, 1.54) is 24.3 Å². The van der Waals surface area contributed by atoms with Gasteiger partial charge >= 0.3 is 0 Å². The van der Waals surface area contributed by atoms with Crippen molar-refractivity contribution >= 4 is 33.2 Å². The van der Waals surface area contributed by atoms with E-state index in [4.69, 9.17) is 16.7 Å². The van der Waals surface area contributed by atoms with Crippen molar-refractivity contribution in [3.05, 3.63) is 58.9 Å². The predicted octanol–water partition coefficient (Wildman–Crippen LogP) is 2.24. The molecule has 0 aromatic heterocycles. The molecule has 0 spiro atoms. The molecule has 0 aliphatic rings. The maximum atomic E-state index is 13.0. The van der Waals surface area contributed by atoms with E-state index in [0.29, 0.717) is 12.2 Å². The Kier molecular flexibility index (Phi) is 6.12. The normalized spacial score (nSPS) is 12.6. The number of amides is 1. The molecular formula is C16H17ClFN3O3S. The zero-order chi connectivity index (χ0) is 18.6. The summed E-state index contributed by atoms with van der Waals surface area (Å²) in [7, 11) is -3.73. The van der Waals surface area contributed by atoms with Gasteiger partial charge in [0.1, 0.15) is 5.82 Å². The Bertz CT molecular complexity index is 873. The first-order valence-corrected chi connectivity index (χ1v) is 9.20. The average molecular weight is 386 g/mol. The molecule has 0 heterocycles. The Balaban J connectivity index is 1.93. The van der Waals surface area contributed by atoms with E-state index < -0.39 is 21.9 Å². The van der Waals surface area contributed by atoms with Gasteiger partial charge in [0.2, 0.25) is 15.9 Å². The van der Waals surface area contributed by atoms with Crippen LogP contribution in [-0.4, -0.2) is 20.4 Å². The number of sulfonamides is 1. The van der Waals surface area contributed by atoms with Gasteiger partial charge in [-0.05, 0) is 42.8 Å². The molecule has 1 atom stereocenters. The van der Waals surface area contributed by atoms with Gasteiger partial charge in [-0.2, -0.15) is 0 Å². The summed E-state index contributed by atoms with van der Waals surface area (Å²) in [5.74, 6) is -0.827. The number of benzene rings is 2. The molecular weight excluding hydrogens is 369 g/mol. The van der Waals surface area contributed by atoms with Gasteiger partial charge in [0.25, 0.3) is 0 Å². The monoisotopic (exact) mass is 385 g/mol. The lowest BCUT2D eigenvalue weighted by molar-refractivity contribution is -0.117. The summed E-state index contributed by atoms with van der Waals surface area (Å²) < 4.78 is 35.4. The summed E-state index contributed by atoms with van der Waals surface area (Å²) in [6, 6.07) is 9.15. The van der Waals surface area contributed by atoms with Crippen LogP contribution in [0.15, 0.2) is 47.4 Å². The number of primary sulfonamides is 1. The molecule has 0 saturated heterocycles. The van der Waals surface area contributed by atoms with Gasteiger partial charge in [0.15, 0.2) is 0 Å². The van der Waals surface area contributed by atoms with Gasteiger partial charge < -0.3 is 10.6 Å². The Morgan fingerprint density at radius 2 is 1.88 bits per heavy atom. The Morgan fingerprint density at radius 1 is 1.24 bits per heavy atom. The number of nitrogens with one attached hydrogen (secondary N) is 2. The summed E-state index contributed by atoms with van der Waals surface area (Å²) in [6.07, 6.45) is 0. The van der Waals surface area contributed by atoms with Crippen LogP contribution in [0.1, 0.15) is 12.5 Å². The van der Waals surface area contributed by atoms with Gasteiger partial charge in [-0.3, -0.25) is 4.79 Å². The number of halogens is 2. The van der Waals surface area contributed by atoms with E-state index in [1.54, 1.807) is 19.1 Å². The summed E-state index contributed by atoms with van der Waals surface area (Å²) in [5, 5.41) is 10.7. The molecule has 0 aliphatic heterocycles. The largest absolute Gasteiger partial charge is 0.323 e. The number of anilines is 1. The topological polar surface area (TPSA) is 101 Å². The second kappa shape index (κ2) is 7.92. The second-order valence-corrected chi connectivity index (χ2v) is 7.37. The number of nitrogens with two attached hydrogens (primary N) is 1. The zero-order valence-electron chi connectivity index (χ0n) is 13.3. The van der Waals surface area contributed by atoms with E-state index in [0.717, 1.165) is 11.6 Å². The smallest absolute Gasteiger partial charge is 0.241 e. The fraction of sp³-hybridized carbons (Fsp3) is 0.188. The van der Waals surface area contributed by atoms with Crippen molar-refractivity contribution in [2.45, 2.75) is 24.4 Å². The third-order valence-corrected chi connectivity index (χ3v) is 4.69. The summed E-state index contributed by atoms with van der Waals surface area (Å²) in [5.41, 5.74) is 1.10. The average Bonchev–Trinajstić information content (AvgIpc) is 2.54. The van der Waals surface area contributed by atoms with E-state index >= 15 is 0 Å². The minimum atomic E-state index is -3.73. The minimum absolute atomic E-state index is 0.0213. The molecule has 0 saturated carbocycles. The van der Waals surface area contributed by atoms with E-state index in [-0.39, 0.29) is 15.8 Å². The standard InChI is InChI=1S/C16H17ClFN3O3S/c1-10(16(22)21-15-7-4-12(18)8-14(15)17)20-9-11-2-5-13(6-3-11)25(19,23)24/h2-8,10,20H,9H2,1H3,(H,21,22)(H2,19,23,24)/t10-/m1/s1. The van der Waals surface area contributed by atoms with Crippen molar-refractivity contribution in [1.29, 1.82) is 0 Å². The van der Waals surface area contributed by atoms with Gasteiger partial charge in [0, 0.05) is 6.54 Å². The second-order valence-electron chi connectivity index (χ2n) is 5.40. The third-order valence-electron chi connectivity index (χ3n) is 3.45. The molecule has 25 heavy (non-hydrogen) atoms. The van der Waals surface area contributed by atoms with Crippen molar-refractivity contribution in [2.24, 2.45) is 5.14 Å². The molecule has 9 heteroatoms. The van der Waals surface area contributed by atoms with Crippen molar-refractivity contribution in [3.63, 3.8) is 0 Å². The first-order valence-electron chi connectivity index (χ1n) is 7.28. The van der Waals surface area contributed by atoms with Gasteiger partial charge in [0.05, 0.1) is 21.6 Å². The van der Waals surface area contributed by atoms with Crippen molar-refractivity contribution in [1.82, 2.24) is 5.32 Å². The Morgan fingerprint density at radius 3 is 2.44 bits per heavy atom. The third kappa shape index (κ3) is 5.50. The molecule has 4 N–H and O–H groups in total. The first kappa shape index (κ1) is 19.3. The molecule has 0 fully saturated rings. The molecule has 134 valence electrons. The number of hydrogen-bond acceptors (Lipinski definition) is 4. The predicted molar refractivity (Wildman–Crippen MR) is 94.2 cm³/mol. The fourth-order valence-corrected chi connectivity index (χ4v) is 2.72. The number of carbonyl (C=O) groups excluding carboxylic acids is 1. The van der Waals surface area contributed by atoms with Crippen LogP contribution in [0.4, 0.5) is 10.1 Å². The lowest BCUT2D eigenvalue weighted by Gasteiger charge is -2.15. The quantitative estimate of drug-likeness (QED) is 0.709. The van der Waals surface area contributed by atoms with Gasteiger partial charge in [-0.1, -0.05) is 23.7 Å². The first-order chi connectivity index (χ1) is 11.7. The van der Waals surface area contributed by atoms with Crippen molar-refractivity contribution < 1.29 is 17.6 Å². The van der Waals surface area contributed by atoms with Crippen molar-refractivity contribution in [3.8, 4) is 0 Å². The molecule has 6 nitrogen and oxygen atoms in total. The lowest BCUT2D eigenvalue weighted by Crippen LogP contribution is -2.37. The molecule has 1 amide bonds. The van der Waals surface area contributed by atoms with Crippen LogP contribution < -0.4 is 15.8 Å². The summed E-state index contributed by atoms with van der Waals surface area (Å²) >= 11 is 5.87. The van der Waals surface area contributed by atoms with E-state index in [9.17, 15) is 17.6 Å². The van der Waals surface area contributed by atoms with Crippen LogP contribution in [0.25, 0.3) is 0 Å². The van der Waals surface area contributed by atoms with Crippen LogP contribution in [0.3, 0.4) is 0 Å². The van der Waals surface area contributed by atoms with Crippen LogP contribution in [0.2, 0.25) is 5.02 Å². The number of carbonyl (C=O) groups is 1. The zero-order valence-corrected chi connectivity index (χ0v) is 14.9. The lowest BCUT2D eigenvalue weighted by atomic mass is 10.2. The highest BCUT2D eigenvalue weighted by Gasteiger charge is 2.14. The highest BCUT2D eigenvalue weighted by Crippen LogP contribution is 2.22. The fourth-order valence-electron chi connectivity index (χ4n) is 1.99. The summed E-state index contributed by atoms with van der Waals surface area (Å²) in [6.45, 7) is 2.00. The molecule has 2 rings (SSSR count).